The zero-order valence-corrected chi connectivity index (χ0v) is 8.03. The van der Waals surface area contributed by atoms with E-state index in [1.165, 1.54) is 0 Å². The highest BCUT2D eigenvalue weighted by Gasteiger charge is 2.32. The summed E-state index contributed by atoms with van der Waals surface area (Å²) in [6.45, 7) is 2.06. The zero-order valence-electron chi connectivity index (χ0n) is 8.03. The first kappa shape index (κ1) is 10.2. The van der Waals surface area contributed by atoms with E-state index in [0.29, 0.717) is 6.42 Å². The molecule has 0 saturated heterocycles. The Hall–Kier alpha value is -0.920. The van der Waals surface area contributed by atoms with E-state index >= 15 is 0 Å². The van der Waals surface area contributed by atoms with Crippen LogP contribution in [0.4, 0.5) is 0 Å². The van der Waals surface area contributed by atoms with Gasteiger partial charge in [-0.15, -0.1) is 0 Å². The highest BCUT2D eigenvalue weighted by atomic mass is 16.1. The maximum atomic E-state index is 11.3. The van der Waals surface area contributed by atoms with E-state index in [0.717, 1.165) is 25.5 Å². The monoisotopic (exact) mass is 180 g/mol. The van der Waals surface area contributed by atoms with Crippen molar-refractivity contribution in [3.8, 4) is 0 Å². The van der Waals surface area contributed by atoms with Crippen LogP contribution in [0.5, 0.6) is 0 Å². The van der Waals surface area contributed by atoms with Gasteiger partial charge in [-0.2, -0.15) is 0 Å². The second kappa shape index (κ2) is 4.95. The van der Waals surface area contributed by atoms with Crippen molar-refractivity contribution in [3.05, 3.63) is 12.2 Å². The Morgan fingerprint density at radius 1 is 1.46 bits per heavy atom. The molecule has 1 aliphatic rings. The first-order valence-corrected chi connectivity index (χ1v) is 4.92. The van der Waals surface area contributed by atoms with Crippen LogP contribution in [0.25, 0.3) is 0 Å². The number of ketones is 1. The highest BCUT2D eigenvalue weighted by Crippen LogP contribution is 2.29. The Kier molecular flexibility index (Phi) is 3.87. The van der Waals surface area contributed by atoms with E-state index in [2.05, 4.69) is 6.92 Å². The molecule has 0 aliphatic heterocycles. The minimum Gasteiger partial charge on any atom is -0.303 e. The van der Waals surface area contributed by atoms with Gasteiger partial charge in [-0.3, -0.25) is 4.79 Å². The molecule has 0 heterocycles. The number of rotatable bonds is 4. The lowest BCUT2D eigenvalue weighted by atomic mass is 9.93. The summed E-state index contributed by atoms with van der Waals surface area (Å²) in [6, 6.07) is 0. The van der Waals surface area contributed by atoms with E-state index in [9.17, 15) is 9.59 Å². The minimum absolute atomic E-state index is 0.0194. The molecule has 2 atom stereocenters. The molecule has 0 radical (unpaired) electrons. The molecule has 2 heteroatoms. The third kappa shape index (κ3) is 2.51. The zero-order chi connectivity index (χ0) is 9.68. The van der Waals surface area contributed by atoms with Crippen LogP contribution in [0.1, 0.15) is 32.6 Å². The van der Waals surface area contributed by atoms with Crippen molar-refractivity contribution in [3.63, 3.8) is 0 Å². The van der Waals surface area contributed by atoms with Gasteiger partial charge in [-0.1, -0.05) is 19.1 Å². The maximum absolute atomic E-state index is 11.3. The molecule has 0 aromatic rings. The molecule has 0 N–H and O–H groups in total. The molecule has 13 heavy (non-hydrogen) atoms. The van der Waals surface area contributed by atoms with Gasteiger partial charge in [0.05, 0.1) is 0 Å². The Morgan fingerprint density at radius 3 is 2.85 bits per heavy atom. The largest absolute Gasteiger partial charge is 0.303 e. The highest BCUT2D eigenvalue weighted by molar-refractivity contribution is 5.87. The second-order valence-corrected chi connectivity index (χ2v) is 3.53. The van der Waals surface area contributed by atoms with Crippen LogP contribution < -0.4 is 0 Å². The molecule has 0 amide bonds. The van der Waals surface area contributed by atoms with Gasteiger partial charge in [-0.25, -0.2) is 0 Å². The topological polar surface area (TPSA) is 34.1 Å². The summed E-state index contributed by atoms with van der Waals surface area (Å²) in [5.41, 5.74) is 0. The molecular formula is C11H16O2. The first-order valence-electron chi connectivity index (χ1n) is 4.92. The van der Waals surface area contributed by atoms with Crippen LogP contribution in [0, 0.1) is 11.8 Å². The van der Waals surface area contributed by atoms with Crippen molar-refractivity contribution in [1.29, 1.82) is 0 Å². The second-order valence-electron chi connectivity index (χ2n) is 3.53. The number of carbonyl (C=O) groups is 2. The normalized spacial score (nSPS) is 28.5. The predicted octanol–water partition coefficient (Wildman–Crippen LogP) is 2.14. The van der Waals surface area contributed by atoms with Crippen LogP contribution in [-0.4, -0.2) is 12.1 Å². The van der Waals surface area contributed by atoms with Crippen molar-refractivity contribution in [1.82, 2.24) is 0 Å². The van der Waals surface area contributed by atoms with Crippen LogP contribution in [-0.2, 0) is 9.59 Å². The fourth-order valence-corrected chi connectivity index (χ4v) is 1.81. The van der Waals surface area contributed by atoms with Gasteiger partial charge in [0.2, 0.25) is 0 Å². The molecule has 2 nitrogen and oxygen atoms in total. The summed E-state index contributed by atoms with van der Waals surface area (Å²) in [6.07, 6.45) is 8.09. The Labute approximate surface area is 79.0 Å². The summed E-state index contributed by atoms with van der Waals surface area (Å²) in [5.74, 6) is 0.215. The smallest absolute Gasteiger partial charge is 0.137 e. The first-order chi connectivity index (χ1) is 6.29. The molecule has 0 aromatic carbocycles. The molecule has 1 aliphatic carbocycles. The van der Waals surface area contributed by atoms with Crippen molar-refractivity contribution in [2.24, 2.45) is 11.8 Å². The van der Waals surface area contributed by atoms with Crippen molar-refractivity contribution < 1.29 is 9.59 Å². The molecule has 2 unspecified atom stereocenters. The Morgan fingerprint density at radius 2 is 2.23 bits per heavy atom. The van der Waals surface area contributed by atoms with Gasteiger partial charge < -0.3 is 4.79 Å². The number of hydrogen-bond donors (Lipinski definition) is 0. The lowest BCUT2D eigenvalue weighted by Gasteiger charge is -2.08. The van der Waals surface area contributed by atoms with Gasteiger partial charge >= 0.3 is 0 Å². The maximum Gasteiger partial charge on any atom is 0.137 e. The molecular weight excluding hydrogens is 164 g/mol. The number of allylic oxidation sites excluding steroid dienone is 2. The van der Waals surface area contributed by atoms with E-state index in [4.69, 9.17) is 0 Å². The molecule has 0 spiro atoms. The average Bonchev–Trinajstić information content (AvgIpc) is 2.48. The van der Waals surface area contributed by atoms with E-state index < -0.39 is 0 Å². The number of aldehydes is 1. The van der Waals surface area contributed by atoms with E-state index in [-0.39, 0.29) is 17.6 Å². The number of Topliss-reactive ketones (excluding diaryl/α,β-unsaturated/α-hetero) is 1. The molecule has 1 fully saturated rings. The number of hydrogen-bond acceptors (Lipinski definition) is 2. The van der Waals surface area contributed by atoms with Crippen molar-refractivity contribution in [2.75, 3.05) is 0 Å². The summed E-state index contributed by atoms with van der Waals surface area (Å²) in [5, 5.41) is 0. The van der Waals surface area contributed by atoms with Gasteiger partial charge in [0, 0.05) is 18.3 Å². The number of carbonyl (C=O) groups excluding carboxylic acids is 2. The molecule has 0 bridgehead atoms. The average molecular weight is 180 g/mol. The lowest BCUT2D eigenvalue weighted by Crippen LogP contribution is -2.14. The summed E-state index contributed by atoms with van der Waals surface area (Å²) in [7, 11) is 0. The fourth-order valence-electron chi connectivity index (χ4n) is 1.81. The quantitative estimate of drug-likeness (QED) is 0.490. The molecule has 1 saturated carbocycles. The molecule has 1 rings (SSSR count). The Balaban J connectivity index is 2.49. The van der Waals surface area contributed by atoms with Crippen molar-refractivity contribution >= 4 is 12.1 Å². The molecule has 72 valence electrons. The van der Waals surface area contributed by atoms with Crippen LogP contribution in [0.15, 0.2) is 12.2 Å². The fraction of sp³-hybridized carbons (Fsp3) is 0.636. The standard InChI is InChI=1S/C11H16O2/c1-2-3-4-5-10-9(8-12)6-7-11(10)13/h3-4,8-10H,2,5-7H2,1H3/b4-3-. The van der Waals surface area contributed by atoms with E-state index in [1.54, 1.807) is 0 Å². The minimum atomic E-state index is -0.0275. The van der Waals surface area contributed by atoms with Crippen LogP contribution in [0.2, 0.25) is 0 Å². The van der Waals surface area contributed by atoms with Crippen LogP contribution >= 0.6 is 0 Å². The molecule has 0 aromatic heterocycles. The summed E-state index contributed by atoms with van der Waals surface area (Å²) in [4.78, 5) is 22.0. The van der Waals surface area contributed by atoms with E-state index in [1.807, 2.05) is 12.2 Å². The van der Waals surface area contributed by atoms with Crippen molar-refractivity contribution in [2.45, 2.75) is 32.6 Å². The lowest BCUT2D eigenvalue weighted by molar-refractivity contribution is -0.123. The van der Waals surface area contributed by atoms with Crippen LogP contribution in [0.3, 0.4) is 0 Å². The third-order valence-electron chi connectivity index (χ3n) is 2.62. The van der Waals surface area contributed by atoms with Gasteiger partial charge in [-0.05, 0) is 19.3 Å². The van der Waals surface area contributed by atoms with Gasteiger partial charge in [0.15, 0.2) is 0 Å². The summed E-state index contributed by atoms with van der Waals surface area (Å²) < 4.78 is 0. The SMILES string of the molecule is CC/C=C\CC1C(=O)CCC1C=O. The summed E-state index contributed by atoms with van der Waals surface area (Å²) >= 11 is 0. The third-order valence-corrected chi connectivity index (χ3v) is 2.62. The Bertz CT molecular complexity index is 218. The predicted molar refractivity (Wildman–Crippen MR) is 51.3 cm³/mol. The van der Waals surface area contributed by atoms with Gasteiger partial charge in [0.1, 0.15) is 12.1 Å². The van der Waals surface area contributed by atoms with Gasteiger partial charge in [0.25, 0.3) is 0 Å².